The van der Waals surface area contributed by atoms with Gasteiger partial charge in [0.25, 0.3) is 5.91 Å². The summed E-state index contributed by atoms with van der Waals surface area (Å²) in [6.07, 6.45) is 0. The highest BCUT2D eigenvalue weighted by Crippen LogP contribution is 2.27. The van der Waals surface area contributed by atoms with Crippen LogP contribution in [0.25, 0.3) is 10.9 Å². The first-order valence-corrected chi connectivity index (χ1v) is 12.1. The van der Waals surface area contributed by atoms with E-state index in [1.807, 2.05) is 42.5 Å². The number of nitrogens with one attached hydrogen (secondary N) is 1. The lowest BCUT2D eigenvalue weighted by atomic mass is 10.2. The molecule has 0 atom stereocenters. The molecule has 2 heterocycles. The Balaban J connectivity index is 1.23. The van der Waals surface area contributed by atoms with Gasteiger partial charge in [0.15, 0.2) is 6.61 Å². The van der Waals surface area contributed by atoms with Crippen LogP contribution in [0.1, 0.15) is 5.56 Å². The second-order valence-electron chi connectivity index (χ2n) is 8.46. The number of hydrogen-bond acceptors (Lipinski definition) is 5. The smallest absolute Gasteiger partial charge is 0.258 e. The van der Waals surface area contributed by atoms with Crippen LogP contribution < -0.4 is 19.9 Å². The van der Waals surface area contributed by atoms with Crippen molar-refractivity contribution in [3.63, 3.8) is 0 Å². The maximum Gasteiger partial charge on any atom is 0.258 e. The van der Waals surface area contributed by atoms with Gasteiger partial charge in [-0.05, 0) is 42.0 Å². The van der Waals surface area contributed by atoms with Crippen LogP contribution in [0.3, 0.4) is 0 Å². The second-order valence-corrected chi connectivity index (χ2v) is 8.87. The molecule has 0 saturated carbocycles. The largest absolute Gasteiger partial charge is 0.481 e. The summed E-state index contributed by atoms with van der Waals surface area (Å²) in [5.74, 6) is 1.31. The topological polar surface area (TPSA) is 57.7 Å². The number of rotatable bonds is 7. The summed E-state index contributed by atoms with van der Waals surface area (Å²) in [5, 5.41) is 4.46. The van der Waals surface area contributed by atoms with Crippen LogP contribution in [0.4, 0.5) is 11.5 Å². The van der Waals surface area contributed by atoms with Gasteiger partial charge in [-0.15, -0.1) is 0 Å². The molecule has 1 aliphatic rings. The molecule has 4 aromatic rings. The lowest BCUT2D eigenvalue weighted by Crippen LogP contribution is -2.46. The molecule has 0 bridgehead atoms. The quantitative estimate of drug-likeness (QED) is 0.402. The first-order chi connectivity index (χ1) is 17.2. The molecule has 5 rings (SSSR count). The molecule has 1 N–H and O–H groups in total. The van der Waals surface area contributed by atoms with E-state index in [0.717, 1.165) is 48.5 Å². The molecule has 1 fully saturated rings. The van der Waals surface area contributed by atoms with E-state index < -0.39 is 0 Å². The lowest BCUT2D eigenvalue weighted by Gasteiger charge is -2.36. The predicted molar refractivity (Wildman–Crippen MR) is 141 cm³/mol. The maximum atomic E-state index is 12.4. The van der Waals surface area contributed by atoms with Gasteiger partial charge in [0.1, 0.15) is 17.1 Å². The molecule has 35 heavy (non-hydrogen) atoms. The third-order valence-electron chi connectivity index (χ3n) is 6.19. The van der Waals surface area contributed by atoms with Crippen molar-refractivity contribution < 1.29 is 9.53 Å². The van der Waals surface area contributed by atoms with Gasteiger partial charge < -0.3 is 19.9 Å². The van der Waals surface area contributed by atoms with Crippen LogP contribution in [0.5, 0.6) is 5.75 Å². The monoisotopic (exact) mass is 486 g/mol. The van der Waals surface area contributed by atoms with E-state index in [4.69, 9.17) is 21.3 Å². The summed E-state index contributed by atoms with van der Waals surface area (Å²) in [7, 11) is 0. The van der Waals surface area contributed by atoms with E-state index in [2.05, 4.69) is 51.5 Å². The van der Waals surface area contributed by atoms with Crippen LogP contribution in [0.15, 0.2) is 84.9 Å². The van der Waals surface area contributed by atoms with Crippen molar-refractivity contribution in [2.45, 2.75) is 6.54 Å². The summed E-state index contributed by atoms with van der Waals surface area (Å²) >= 11 is 6.17. The van der Waals surface area contributed by atoms with Crippen LogP contribution in [-0.4, -0.2) is 43.7 Å². The van der Waals surface area contributed by atoms with Gasteiger partial charge in [-0.1, -0.05) is 60.1 Å². The van der Waals surface area contributed by atoms with Gasteiger partial charge >= 0.3 is 0 Å². The van der Waals surface area contributed by atoms with Crippen molar-refractivity contribution >= 4 is 39.9 Å². The summed E-state index contributed by atoms with van der Waals surface area (Å²) < 4.78 is 5.88. The fourth-order valence-electron chi connectivity index (χ4n) is 4.26. The van der Waals surface area contributed by atoms with Crippen LogP contribution in [-0.2, 0) is 11.3 Å². The molecule has 1 saturated heterocycles. The number of pyridine rings is 1. The molecule has 0 radical (unpaired) electrons. The average molecular weight is 487 g/mol. The number of piperazine rings is 1. The molecule has 0 unspecified atom stereocenters. The Labute approximate surface area is 210 Å². The van der Waals surface area contributed by atoms with Crippen molar-refractivity contribution in [2.75, 3.05) is 42.6 Å². The Morgan fingerprint density at radius 3 is 2.40 bits per heavy atom. The van der Waals surface area contributed by atoms with Crippen molar-refractivity contribution in [2.24, 2.45) is 0 Å². The van der Waals surface area contributed by atoms with E-state index in [1.54, 1.807) is 6.07 Å². The number of ether oxygens (including phenoxy) is 1. The number of halogens is 1. The van der Waals surface area contributed by atoms with E-state index in [-0.39, 0.29) is 12.5 Å². The standard InChI is InChI=1S/C28H27ClN4O2/c29-24-11-5-4-7-22(24)19-30-27(34)20-35-25-12-6-8-21-13-14-26(31-28(21)25)33-17-15-32(16-18-33)23-9-2-1-3-10-23/h1-14H,15-20H2,(H,30,34). The summed E-state index contributed by atoms with van der Waals surface area (Å²) in [6, 6.07) is 27.8. The molecule has 7 heteroatoms. The third-order valence-corrected chi connectivity index (χ3v) is 6.55. The number of hydrogen-bond donors (Lipinski definition) is 1. The first kappa shape index (κ1) is 23.0. The lowest BCUT2D eigenvalue weighted by molar-refractivity contribution is -0.123. The van der Waals surface area contributed by atoms with Gasteiger partial charge in [0.05, 0.1) is 0 Å². The fraction of sp³-hybridized carbons (Fsp3) is 0.214. The molecular weight excluding hydrogens is 460 g/mol. The minimum absolute atomic E-state index is 0.0920. The van der Waals surface area contributed by atoms with Crippen molar-refractivity contribution in [1.29, 1.82) is 0 Å². The van der Waals surface area contributed by atoms with Crippen LogP contribution in [0.2, 0.25) is 5.02 Å². The molecule has 1 aromatic heterocycles. The van der Waals surface area contributed by atoms with Gasteiger partial charge in [0.2, 0.25) is 0 Å². The SMILES string of the molecule is O=C(COc1cccc2ccc(N3CCN(c4ccccc4)CC3)nc12)NCc1ccccc1Cl. The second kappa shape index (κ2) is 10.7. The van der Waals surface area contributed by atoms with Gasteiger partial charge in [-0.2, -0.15) is 0 Å². The molecule has 0 aliphatic carbocycles. The Kier molecular flexibility index (Phi) is 7.00. The number of nitrogens with zero attached hydrogens (tertiary/aromatic N) is 3. The van der Waals surface area contributed by atoms with Crippen molar-refractivity contribution in [3.8, 4) is 5.75 Å². The van der Waals surface area contributed by atoms with Gasteiger partial charge in [-0.25, -0.2) is 4.98 Å². The zero-order chi connectivity index (χ0) is 24.0. The highest BCUT2D eigenvalue weighted by molar-refractivity contribution is 6.31. The summed E-state index contributed by atoms with van der Waals surface area (Å²) in [4.78, 5) is 22.0. The van der Waals surface area contributed by atoms with Crippen molar-refractivity contribution in [3.05, 3.63) is 95.5 Å². The number of amides is 1. The van der Waals surface area contributed by atoms with E-state index >= 15 is 0 Å². The Bertz CT molecular complexity index is 1310. The van der Waals surface area contributed by atoms with Crippen LogP contribution >= 0.6 is 11.6 Å². The predicted octanol–water partition coefficient (Wildman–Crippen LogP) is 4.91. The number of benzene rings is 3. The minimum Gasteiger partial charge on any atom is -0.481 e. The Hall–Kier alpha value is -3.77. The third kappa shape index (κ3) is 5.49. The van der Waals surface area contributed by atoms with E-state index in [9.17, 15) is 4.79 Å². The highest BCUT2D eigenvalue weighted by atomic mass is 35.5. The molecule has 6 nitrogen and oxygen atoms in total. The average Bonchev–Trinajstić information content (AvgIpc) is 2.92. The maximum absolute atomic E-state index is 12.4. The first-order valence-electron chi connectivity index (χ1n) is 11.7. The molecular formula is C28H27ClN4O2. The van der Waals surface area contributed by atoms with Gasteiger partial charge in [-0.3, -0.25) is 4.79 Å². The summed E-state index contributed by atoms with van der Waals surface area (Å²) in [5.41, 5.74) is 2.88. The van der Waals surface area contributed by atoms with Gasteiger partial charge in [0, 0.05) is 48.8 Å². The van der Waals surface area contributed by atoms with Crippen molar-refractivity contribution in [1.82, 2.24) is 10.3 Å². The molecule has 1 amide bonds. The Morgan fingerprint density at radius 1 is 0.857 bits per heavy atom. The normalized spacial score (nSPS) is 13.6. The molecule has 1 aliphatic heterocycles. The van der Waals surface area contributed by atoms with E-state index in [0.29, 0.717) is 17.3 Å². The Morgan fingerprint density at radius 2 is 1.60 bits per heavy atom. The highest BCUT2D eigenvalue weighted by Gasteiger charge is 2.19. The zero-order valence-electron chi connectivity index (χ0n) is 19.4. The summed E-state index contributed by atoms with van der Waals surface area (Å²) in [6.45, 7) is 3.92. The molecule has 178 valence electrons. The number of aromatic nitrogens is 1. The fourth-order valence-corrected chi connectivity index (χ4v) is 4.47. The number of para-hydroxylation sites is 2. The minimum atomic E-state index is -0.213. The zero-order valence-corrected chi connectivity index (χ0v) is 20.1. The van der Waals surface area contributed by atoms with E-state index in [1.165, 1.54) is 5.69 Å². The molecule has 0 spiro atoms. The molecule has 3 aromatic carbocycles. The number of fused-ring (bicyclic) bond motifs is 1. The number of carbonyl (C=O) groups is 1. The number of carbonyl (C=O) groups excluding carboxylic acids is 1. The number of anilines is 2. The van der Waals surface area contributed by atoms with Crippen LogP contribution in [0, 0.1) is 0 Å².